The number of hydrogen-bond donors (Lipinski definition) is 1. The lowest BCUT2D eigenvalue weighted by Gasteiger charge is -2.18. The Morgan fingerprint density at radius 2 is 1.93 bits per heavy atom. The van der Waals surface area contributed by atoms with Crippen molar-refractivity contribution in [2.45, 2.75) is 51.0 Å². The van der Waals surface area contributed by atoms with Gasteiger partial charge in [0.1, 0.15) is 5.76 Å². The van der Waals surface area contributed by atoms with Crippen molar-refractivity contribution in [1.29, 1.82) is 0 Å². The molecular formula is C20H24N2O4S. The van der Waals surface area contributed by atoms with Crippen LogP contribution in [0.2, 0.25) is 0 Å². The summed E-state index contributed by atoms with van der Waals surface area (Å²) in [4.78, 5) is 0.260. The zero-order valence-electron chi connectivity index (χ0n) is 15.9. The summed E-state index contributed by atoms with van der Waals surface area (Å²) < 4.78 is 39.6. The highest BCUT2D eigenvalue weighted by Crippen LogP contribution is 2.30. The molecule has 1 aromatic carbocycles. The van der Waals surface area contributed by atoms with Gasteiger partial charge >= 0.3 is 0 Å². The summed E-state index contributed by atoms with van der Waals surface area (Å²) in [7, 11) is -3.72. The Labute approximate surface area is 159 Å². The van der Waals surface area contributed by atoms with Gasteiger partial charge in [-0.3, -0.25) is 0 Å². The number of rotatable bonds is 7. The van der Waals surface area contributed by atoms with E-state index >= 15 is 0 Å². The van der Waals surface area contributed by atoms with Crippen LogP contribution in [-0.2, 0) is 16.4 Å². The third-order valence-corrected chi connectivity index (χ3v) is 5.93. The summed E-state index contributed by atoms with van der Waals surface area (Å²) in [6.07, 6.45) is 2.06. The Morgan fingerprint density at radius 1 is 1.15 bits per heavy atom. The van der Waals surface area contributed by atoms with Gasteiger partial charge in [0, 0.05) is 24.1 Å². The summed E-state index contributed by atoms with van der Waals surface area (Å²) in [5, 5.41) is 3.88. The minimum absolute atomic E-state index is 0.0578. The number of aromatic nitrogens is 1. The molecule has 0 aliphatic carbocycles. The first kappa shape index (κ1) is 19.4. The minimum atomic E-state index is -3.72. The molecule has 7 heteroatoms. The average Bonchev–Trinajstić information content (AvgIpc) is 3.25. The molecule has 27 heavy (non-hydrogen) atoms. The number of benzene rings is 1. The highest BCUT2D eigenvalue weighted by molar-refractivity contribution is 7.89. The van der Waals surface area contributed by atoms with Crippen molar-refractivity contribution < 1.29 is 17.4 Å². The van der Waals surface area contributed by atoms with Crippen LogP contribution in [0.4, 0.5) is 0 Å². The lowest BCUT2D eigenvalue weighted by Crippen LogP contribution is -2.34. The second kappa shape index (κ2) is 7.70. The summed E-state index contributed by atoms with van der Waals surface area (Å²) in [5.41, 5.74) is 2.18. The van der Waals surface area contributed by atoms with Crippen molar-refractivity contribution in [3.63, 3.8) is 0 Å². The molecule has 6 nitrogen and oxygen atoms in total. The van der Waals surface area contributed by atoms with E-state index in [1.807, 2.05) is 45.9 Å². The molecule has 0 unspecified atom stereocenters. The molecule has 3 rings (SSSR count). The van der Waals surface area contributed by atoms with E-state index in [1.165, 1.54) is 0 Å². The number of aryl methyl sites for hydroxylation is 1. The van der Waals surface area contributed by atoms with Crippen LogP contribution in [0.1, 0.15) is 43.7 Å². The molecular weight excluding hydrogens is 364 g/mol. The molecule has 2 aromatic heterocycles. The monoisotopic (exact) mass is 388 g/mol. The van der Waals surface area contributed by atoms with Crippen LogP contribution in [0.5, 0.6) is 0 Å². The van der Waals surface area contributed by atoms with Crippen LogP contribution in [0.3, 0.4) is 0 Å². The second-order valence-electron chi connectivity index (χ2n) is 7.05. The topological polar surface area (TPSA) is 85.3 Å². The Balaban J connectivity index is 1.94. The van der Waals surface area contributed by atoms with Crippen molar-refractivity contribution in [3.8, 4) is 11.3 Å². The molecule has 3 aromatic rings. The van der Waals surface area contributed by atoms with Crippen LogP contribution >= 0.6 is 0 Å². The van der Waals surface area contributed by atoms with Gasteiger partial charge in [0.25, 0.3) is 0 Å². The first-order valence-corrected chi connectivity index (χ1v) is 10.4. The van der Waals surface area contributed by atoms with Gasteiger partial charge < -0.3 is 8.94 Å². The number of nitrogens with zero attached hydrogens (tertiary/aromatic N) is 1. The molecule has 0 aliphatic heterocycles. The van der Waals surface area contributed by atoms with Crippen molar-refractivity contribution in [2.75, 3.05) is 0 Å². The SMILES string of the molecule is Cc1cc(-c2ccc(C(C)C)c(S(=O)(=O)N[C@H](C)Cc3ccco3)c2)on1. The van der Waals surface area contributed by atoms with Crippen molar-refractivity contribution in [1.82, 2.24) is 9.88 Å². The lowest BCUT2D eigenvalue weighted by atomic mass is 10.0. The summed E-state index contributed by atoms with van der Waals surface area (Å²) in [5.74, 6) is 1.34. The van der Waals surface area contributed by atoms with Gasteiger partial charge in [-0.1, -0.05) is 31.1 Å². The van der Waals surface area contributed by atoms with Gasteiger partial charge in [-0.05, 0) is 43.5 Å². The van der Waals surface area contributed by atoms with Crippen molar-refractivity contribution in [3.05, 3.63) is 59.7 Å². The maximum Gasteiger partial charge on any atom is 0.241 e. The Hall–Kier alpha value is -2.38. The highest BCUT2D eigenvalue weighted by Gasteiger charge is 2.24. The van der Waals surface area contributed by atoms with Crippen molar-refractivity contribution >= 4 is 10.0 Å². The van der Waals surface area contributed by atoms with Gasteiger partial charge in [-0.2, -0.15) is 0 Å². The van der Waals surface area contributed by atoms with E-state index in [-0.39, 0.29) is 16.9 Å². The van der Waals surface area contributed by atoms with Crippen LogP contribution in [0, 0.1) is 6.92 Å². The highest BCUT2D eigenvalue weighted by atomic mass is 32.2. The molecule has 0 saturated heterocycles. The van der Waals surface area contributed by atoms with E-state index in [9.17, 15) is 8.42 Å². The molecule has 0 aliphatic rings. The van der Waals surface area contributed by atoms with E-state index in [2.05, 4.69) is 9.88 Å². The Bertz CT molecular complexity index is 1000. The van der Waals surface area contributed by atoms with Gasteiger partial charge in [0.15, 0.2) is 5.76 Å². The van der Waals surface area contributed by atoms with Gasteiger partial charge in [-0.15, -0.1) is 0 Å². The number of sulfonamides is 1. The van der Waals surface area contributed by atoms with E-state index in [4.69, 9.17) is 8.94 Å². The van der Waals surface area contributed by atoms with Gasteiger partial charge in [0.2, 0.25) is 10.0 Å². The second-order valence-corrected chi connectivity index (χ2v) is 8.73. The number of nitrogens with one attached hydrogen (secondary N) is 1. The summed E-state index contributed by atoms with van der Waals surface area (Å²) in [6, 6.07) is 10.4. The smallest absolute Gasteiger partial charge is 0.241 e. The fourth-order valence-electron chi connectivity index (χ4n) is 3.00. The van der Waals surface area contributed by atoms with Crippen LogP contribution in [0.15, 0.2) is 56.5 Å². The molecule has 144 valence electrons. The van der Waals surface area contributed by atoms with E-state index in [1.54, 1.807) is 24.5 Å². The van der Waals surface area contributed by atoms with E-state index in [0.717, 1.165) is 17.0 Å². The molecule has 0 saturated carbocycles. The predicted octanol–water partition coefficient (Wildman–Crippen LogP) is 4.28. The average molecular weight is 388 g/mol. The first-order chi connectivity index (χ1) is 12.8. The van der Waals surface area contributed by atoms with E-state index in [0.29, 0.717) is 17.7 Å². The minimum Gasteiger partial charge on any atom is -0.469 e. The van der Waals surface area contributed by atoms with E-state index < -0.39 is 10.0 Å². The number of hydrogen-bond acceptors (Lipinski definition) is 5. The van der Waals surface area contributed by atoms with Gasteiger partial charge in [-0.25, -0.2) is 13.1 Å². The van der Waals surface area contributed by atoms with Crippen LogP contribution in [0.25, 0.3) is 11.3 Å². The maximum absolute atomic E-state index is 13.1. The molecule has 1 N–H and O–H groups in total. The third-order valence-electron chi connectivity index (χ3n) is 4.28. The maximum atomic E-state index is 13.1. The zero-order chi connectivity index (χ0) is 19.6. The predicted molar refractivity (Wildman–Crippen MR) is 103 cm³/mol. The molecule has 0 spiro atoms. The first-order valence-electron chi connectivity index (χ1n) is 8.88. The normalized spacial score (nSPS) is 13.2. The Kier molecular flexibility index (Phi) is 5.53. The largest absolute Gasteiger partial charge is 0.469 e. The standard InChI is InChI=1S/C20H24N2O4S/c1-13(2)18-8-7-16(19-11-14(3)21-26-19)12-20(18)27(23,24)22-15(4)10-17-6-5-9-25-17/h5-9,11-13,15,22H,10H2,1-4H3/t15-/m1/s1. The molecule has 0 amide bonds. The third kappa shape index (κ3) is 4.48. The molecule has 0 fully saturated rings. The quantitative estimate of drug-likeness (QED) is 0.653. The van der Waals surface area contributed by atoms with Gasteiger partial charge in [0.05, 0.1) is 16.9 Å². The molecule has 2 heterocycles. The zero-order valence-corrected chi connectivity index (χ0v) is 16.7. The van der Waals surface area contributed by atoms with Crippen LogP contribution in [-0.4, -0.2) is 19.6 Å². The fourth-order valence-corrected chi connectivity index (χ4v) is 4.63. The van der Waals surface area contributed by atoms with Crippen molar-refractivity contribution in [2.24, 2.45) is 0 Å². The number of furan rings is 1. The molecule has 0 bridgehead atoms. The summed E-state index contributed by atoms with van der Waals surface area (Å²) in [6.45, 7) is 7.58. The summed E-state index contributed by atoms with van der Waals surface area (Å²) >= 11 is 0. The molecule has 0 radical (unpaired) electrons. The lowest BCUT2D eigenvalue weighted by molar-refractivity contribution is 0.427. The fraction of sp³-hybridized carbons (Fsp3) is 0.350. The van der Waals surface area contributed by atoms with Crippen LogP contribution < -0.4 is 4.72 Å². The molecule has 1 atom stereocenters. The Morgan fingerprint density at radius 3 is 2.52 bits per heavy atom.